The van der Waals surface area contributed by atoms with Gasteiger partial charge in [0.1, 0.15) is 12.6 Å². The van der Waals surface area contributed by atoms with E-state index in [2.05, 4.69) is 12.4 Å². The number of quaternary nitrogens is 2. The Labute approximate surface area is 112 Å². The summed E-state index contributed by atoms with van der Waals surface area (Å²) in [5.41, 5.74) is 0. The van der Waals surface area contributed by atoms with Gasteiger partial charge in [0.05, 0.1) is 19.6 Å². The molecule has 3 N–H and O–H groups in total. The second-order valence-corrected chi connectivity index (χ2v) is 5.23. The van der Waals surface area contributed by atoms with E-state index in [1.54, 1.807) is 0 Å². The van der Waals surface area contributed by atoms with Crippen molar-refractivity contribution in [2.24, 2.45) is 0 Å². The van der Waals surface area contributed by atoms with Crippen molar-refractivity contribution in [2.45, 2.75) is 57.0 Å². The lowest BCUT2D eigenvalue weighted by atomic mass is 9.92. The molecular weight excluding hydrogens is 243 g/mol. The van der Waals surface area contributed by atoms with Crippen LogP contribution in [0.25, 0.3) is 0 Å². The average Bonchev–Trinajstić information content (AvgIpc) is 2.30. The van der Waals surface area contributed by atoms with E-state index in [4.69, 9.17) is 0 Å². The zero-order chi connectivity index (χ0) is 9.80. The molecule has 2 unspecified atom stereocenters. The van der Waals surface area contributed by atoms with Gasteiger partial charge in [0.2, 0.25) is 0 Å². The summed E-state index contributed by atoms with van der Waals surface area (Å²) in [6.45, 7) is 2.75. The molecule has 2 nitrogen and oxygen atoms in total. The maximum absolute atomic E-state index is 2.51. The van der Waals surface area contributed by atoms with Crippen molar-refractivity contribution < 1.29 is 35.0 Å². The topological polar surface area (TPSA) is 21.1 Å². The maximum Gasteiger partial charge on any atom is 0.137 e. The second kappa shape index (κ2) is 8.57. The first-order valence-corrected chi connectivity index (χ1v) is 6.53. The van der Waals surface area contributed by atoms with Gasteiger partial charge in [-0.1, -0.05) is 6.42 Å². The van der Waals surface area contributed by atoms with Crippen LogP contribution < -0.4 is 35.0 Å². The van der Waals surface area contributed by atoms with E-state index in [-0.39, 0.29) is 24.8 Å². The van der Waals surface area contributed by atoms with Crippen LogP contribution in [-0.4, -0.2) is 32.2 Å². The van der Waals surface area contributed by atoms with E-state index < -0.39 is 0 Å². The molecule has 0 aromatic heterocycles. The summed E-state index contributed by atoms with van der Waals surface area (Å²) in [4.78, 5) is 1.85. The van der Waals surface area contributed by atoms with Crippen LogP contribution in [0.4, 0.5) is 0 Å². The van der Waals surface area contributed by atoms with Crippen molar-refractivity contribution >= 4 is 0 Å². The fourth-order valence-corrected chi connectivity index (χ4v) is 3.25. The maximum atomic E-state index is 2.51. The normalized spacial score (nSPS) is 28.7. The van der Waals surface area contributed by atoms with E-state index in [9.17, 15) is 0 Å². The molecule has 1 heterocycles. The van der Waals surface area contributed by atoms with Crippen molar-refractivity contribution in [2.75, 3.05) is 20.1 Å². The summed E-state index contributed by atoms with van der Waals surface area (Å²) in [5, 5.41) is 2.51. The minimum absolute atomic E-state index is 0. The molecule has 1 aliphatic heterocycles. The van der Waals surface area contributed by atoms with Crippen molar-refractivity contribution in [3.05, 3.63) is 0 Å². The monoisotopic (exact) mass is 268 g/mol. The number of nitrogens with two attached hydrogens (primary N) is 1. The summed E-state index contributed by atoms with van der Waals surface area (Å²) in [5.74, 6) is 0. The predicted molar refractivity (Wildman–Crippen MR) is 58.4 cm³/mol. The first-order chi connectivity index (χ1) is 6.88. The van der Waals surface area contributed by atoms with Crippen LogP contribution in [-0.2, 0) is 0 Å². The van der Waals surface area contributed by atoms with Gasteiger partial charge in [0.25, 0.3) is 0 Å². The van der Waals surface area contributed by atoms with E-state index in [0.717, 1.165) is 12.1 Å². The minimum Gasteiger partial charge on any atom is -1.00 e. The summed E-state index contributed by atoms with van der Waals surface area (Å²) in [6.07, 6.45) is 10.3. The fraction of sp³-hybridized carbons (Fsp3) is 1.00. The van der Waals surface area contributed by atoms with Crippen LogP contribution in [0.3, 0.4) is 0 Å². The molecule has 0 bridgehead atoms. The first-order valence-electron chi connectivity index (χ1n) is 6.53. The Morgan fingerprint density at radius 3 is 2.06 bits per heavy atom. The molecule has 16 heavy (non-hydrogen) atoms. The van der Waals surface area contributed by atoms with E-state index in [1.807, 2.05) is 4.90 Å². The lowest BCUT2D eigenvalue weighted by molar-refractivity contribution is -0.948. The highest BCUT2D eigenvalue weighted by Gasteiger charge is 2.30. The van der Waals surface area contributed by atoms with Crippen molar-refractivity contribution in [1.29, 1.82) is 0 Å². The van der Waals surface area contributed by atoms with Gasteiger partial charge in [-0.15, -0.1) is 0 Å². The van der Waals surface area contributed by atoms with Crippen molar-refractivity contribution in [1.82, 2.24) is 0 Å². The number of hydrogen-bond donors (Lipinski definition) is 2. The van der Waals surface area contributed by atoms with Crippen molar-refractivity contribution in [3.63, 3.8) is 0 Å². The van der Waals surface area contributed by atoms with Crippen LogP contribution in [0.2, 0.25) is 0 Å². The first kappa shape index (κ1) is 16.5. The second-order valence-electron chi connectivity index (χ2n) is 5.23. The highest BCUT2D eigenvalue weighted by Crippen LogP contribution is 2.15. The number of likely N-dealkylation sites (N-methyl/N-ethyl adjacent to an activating group) is 1. The lowest BCUT2D eigenvalue weighted by Gasteiger charge is -2.34. The molecular formula is C12H26Cl2N2. The molecule has 1 aliphatic carbocycles. The number of halogens is 2. The third-order valence-electron chi connectivity index (χ3n) is 4.31. The molecule has 2 rings (SSSR count). The van der Waals surface area contributed by atoms with Gasteiger partial charge >= 0.3 is 0 Å². The zero-order valence-corrected chi connectivity index (χ0v) is 11.9. The van der Waals surface area contributed by atoms with E-state index >= 15 is 0 Å². The highest BCUT2D eigenvalue weighted by atomic mass is 35.5. The number of rotatable bonds is 2. The zero-order valence-electron chi connectivity index (χ0n) is 10.4. The van der Waals surface area contributed by atoms with Crippen molar-refractivity contribution in [3.8, 4) is 0 Å². The Bertz CT molecular complexity index is 148. The fourth-order valence-electron chi connectivity index (χ4n) is 3.25. The van der Waals surface area contributed by atoms with Crippen LogP contribution in [0.5, 0.6) is 0 Å². The molecule has 2 aliphatic rings. The molecule has 0 spiro atoms. The summed E-state index contributed by atoms with van der Waals surface area (Å²) in [6, 6.07) is 1.94. The van der Waals surface area contributed by atoms with Gasteiger partial charge < -0.3 is 35.0 Å². The Morgan fingerprint density at radius 1 is 0.875 bits per heavy atom. The third kappa shape index (κ3) is 4.40. The van der Waals surface area contributed by atoms with Gasteiger partial charge in [-0.25, -0.2) is 0 Å². The molecule has 98 valence electrons. The molecule has 0 aromatic carbocycles. The van der Waals surface area contributed by atoms with E-state index in [0.29, 0.717) is 0 Å². The SMILES string of the molecule is C[NH+](C1CCCCC1)C1CCC[NH2+]C1.[Cl-].[Cl-]. The number of piperidine rings is 1. The summed E-state index contributed by atoms with van der Waals surface area (Å²) in [7, 11) is 2.44. The van der Waals surface area contributed by atoms with E-state index in [1.165, 1.54) is 58.0 Å². The van der Waals surface area contributed by atoms with Gasteiger partial charge in [-0.2, -0.15) is 0 Å². The third-order valence-corrected chi connectivity index (χ3v) is 4.31. The van der Waals surface area contributed by atoms with Crippen LogP contribution in [0.15, 0.2) is 0 Å². The highest BCUT2D eigenvalue weighted by molar-refractivity contribution is 4.66. The molecule has 2 atom stereocenters. The van der Waals surface area contributed by atoms with Gasteiger partial charge in [-0.3, -0.25) is 0 Å². The molecule has 0 aromatic rings. The molecule has 0 amide bonds. The minimum atomic E-state index is 0. The number of hydrogen-bond acceptors (Lipinski definition) is 0. The molecule has 4 heteroatoms. The standard InChI is InChI=1S/C12H24N2.2ClH/c1-14(11-6-3-2-4-7-11)12-8-5-9-13-10-12;;/h11-13H,2-10H2,1H3;2*1H. The quantitative estimate of drug-likeness (QED) is 0.498. The number of nitrogens with one attached hydrogen (secondary N) is 1. The summed E-state index contributed by atoms with van der Waals surface area (Å²) < 4.78 is 0. The van der Waals surface area contributed by atoms with Gasteiger partial charge in [0, 0.05) is 12.8 Å². The Kier molecular flexibility index (Phi) is 8.84. The summed E-state index contributed by atoms with van der Waals surface area (Å²) >= 11 is 0. The van der Waals surface area contributed by atoms with Crippen LogP contribution >= 0.6 is 0 Å². The van der Waals surface area contributed by atoms with Crippen LogP contribution in [0, 0.1) is 0 Å². The van der Waals surface area contributed by atoms with Crippen LogP contribution in [0.1, 0.15) is 44.9 Å². The largest absolute Gasteiger partial charge is 1.00 e. The molecule has 1 saturated carbocycles. The van der Waals surface area contributed by atoms with Gasteiger partial charge in [-0.05, 0) is 25.7 Å². The smallest absolute Gasteiger partial charge is 0.137 e. The Morgan fingerprint density at radius 2 is 1.50 bits per heavy atom. The molecule has 0 radical (unpaired) electrons. The lowest BCUT2D eigenvalue weighted by Crippen LogP contribution is -3.20. The Hall–Kier alpha value is 0.500. The average molecular weight is 269 g/mol. The van der Waals surface area contributed by atoms with Gasteiger partial charge in [0.15, 0.2) is 0 Å². The molecule has 2 fully saturated rings. The predicted octanol–water partition coefficient (Wildman–Crippen LogP) is -6.43. The Balaban J connectivity index is 0.00000112. The molecule has 1 saturated heterocycles.